The molecule has 1 aliphatic rings. The second-order valence-electron chi connectivity index (χ2n) is 7.30. The van der Waals surface area contributed by atoms with Gasteiger partial charge in [0.05, 0.1) is 11.6 Å². The first-order chi connectivity index (χ1) is 13.3. The largest absolute Gasteiger partial charge is 0.391 e. The van der Waals surface area contributed by atoms with Gasteiger partial charge in [-0.3, -0.25) is 9.48 Å². The highest BCUT2D eigenvalue weighted by Crippen LogP contribution is 2.43. The van der Waals surface area contributed by atoms with Crippen molar-refractivity contribution < 1.29 is 18.0 Å². The first-order valence-electron chi connectivity index (χ1n) is 9.37. The number of amides is 1. The van der Waals surface area contributed by atoms with Crippen LogP contribution in [0.2, 0.25) is 0 Å². The van der Waals surface area contributed by atoms with Crippen LogP contribution in [0, 0.1) is 5.92 Å². The maximum Gasteiger partial charge on any atom is 0.391 e. The van der Waals surface area contributed by atoms with Gasteiger partial charge in [-0.15, -0.1) is 0 Å². The smallest absolute Gasteiger partial charge is 0.348 e. The van der Waals surface area contributed by atoms with Crippen LogP contribution >= 0.6 is 0 Å². The molecule has 150 valence electrons. The minimum Gasteiger partial charge on any atom is -0.348 e. The summed E-state index contributed by atoms with van der Waals surface area (Å²) in [4.78, 5) is 11.5. The summed E-state index contributed by atoms with van der Waals surface area (Å²) in [5, 5.41) is 7.22. The van der Waals surface area contributed by atoms with Crippen LogP contribution in [-0.4, -0.2) is 21.9 Å². The van der Waals surface area contributed by atoms with Crippen LogP contribution in [0.25, 0.3) is 11.3 Å². The van der Waals surface area contributed by atoms with Crippen LogP contribution in [0.1, 0.15) is 42.7 Å². The molecule has 3 rings (SSSR count). The Hall–Kier alpha value is -2.57. The van der Waals surface area contributed by atoms with E-state index >= 15 is 0 Å². The summed E-state index contributed by atoms with van der Waals surface area (Å²) in [6.07, 6.45) is 0.346. The summed E-state index contributed by atoms with van der Waals surface area (Å²) in [5.41, 5.74) is 3.60. The topological polar surface area (TPSA) is 46.9 Å². The SMILES string of the molecule is C=CC(=O)NCc1ccc([C@H]2CC[C@H](C(F)(F)F)CC2)cc1-c1ccn(C)n1. The molecule has 7 heteroatoms. The van der Waals surface area contributed by atoms with Gasteiger partial charge in [0, 0.05) is 25.4 Å². The van der Waals surface area contributed by atoms with Crippen molar-refractivity contribution >= 4 is 5.91 Å². The highest BCUT2D eigenvalue weighted by atomic mass is 19.4. The Labute approximate surface area is 162 Å². The number of nitrogens with one attached hydrogen (secondary N) is 1. The molecular formula is C21H24F3N3O. The minimum atomic E-state index is -4.10. The number of aryl methyl sites for hydroxylation is 1. The Morgan fingerprint density at radius 3 is 2.57 bits per heavy atom. The molecule has 0 spiro atoms. The summed E-state index contributed by atoms with van der Waals surface area (Å²) in [7, 11) is 1.82. The van der Waals surface area contributed by atoms with Crippen molar-refractivity contribution in [2.75, 3.05) is 0 Å². The molecule has 1 aromatic heterocycles. The first kappa shape index (κ1) is 20.2. The number of aromatic nitrogens is 2. The lowest BCUT2D eigenvalue weighted by atomic mass is 9.78. The third-order valence-corrected chi connectivity index (χ3v) is 5.42. The molecule has 1 saturated carbocycles. The fraction of sp³-hybridized carbons (Fsp3) is 0.429. The third-order valence-electron chi connectivity index (χ3n) is 5.42. The van der Waals surface area contributed by atoms with Crippen LogP contribution < -0.4 is 5.32 Å². The lowest BCUT2D eigenvalue weighted by molar-refractivity contribution is -0.182. The standard InChI is InChI=1S/C21H24F3N3O/c1-3-20(28)25-13-16-5-4-15(12-18(16)19-10-11-27(2)26-19)14-6-8-17(9-7-14)21(22,23)24/h3-5,10-12,14,17H,1,6-9,13H2,2H3,(H,25,28)/t14-,17-. The van der Waals surface area contributed by atoms with E-state index in [2.05, 4.69) is 17.0 Å². The number of halogens is 3. The van der Waals surface area contributed by atoms with Gasteiger partial charge in [0.25, 0.3) is 0 Å². The van der Waals surface area contributed by atoms with Gasteiger partial charge in [-0.2, -0.15) is 18.3 Å². The van der Waals surface area contributed by atoms with Crippen molar-refractivity contribution in [2.45, 2.75) is 44.3 Å². The average molecular weight is 391 g/mol. The summed E-state index contributed by atoms with van der Waals surface area (Å²) in [5.74, 6) is -1.34. The normalized spacial score (nSPS) is 20.0. The van der Waals surface area contributed by atoms with E-state index in [4.69, 9.17) is 0 Å². The Morgan fingerprint density at radius 1 is 1.29 bits per heavy atom. The molecule has 1 heterocycles. The zero-order valence-corrected chi connectivity index (χ0v) is 15.8. The van der Waals surface area contributed by atoms with E-state index in [1.165, 1.54) is 6.08 Å². The fourth-order valence-electron chi connectivity index (χ4n) is 3.81. The monoisotopic (exact) mass is 391 g/mol. The average Bonchev–Trinajstić information content (AvgIpc) is 3.11. The summed E-state index contributed by atoms with van der Waals surface area (Å²) in [6, 6.07) is 7.79. The molecule has 1 fully saturated rings. The van der Waals surface area contributed by atoms with Gasteiger partial charge < -0.3 is 5.32 Å². The molecule has 28 heavy (non-hydrogen) atoms. The number of hydrogen-bond donors (Lipinski definition) is 1. The zero-order valence-electron chi connectivity index (χ0n) is 15.8. The van der Waals surface area contributed by atoms with E-state index < -0.39 is 12.1 Å². The van der Waals surface area contributed by atoms with Gasteiger partial charge in [0.1, 0.15) is 0 Å². The second-order valence-corrected chi connectivity index (χ2v) is 7.30. The first-order valence-corrected chi connectivity index (χ1v) is 9.37. The highest BCUT2D eigenvalue weighted by Gasteiger charge is 2.41. The van der Waals surface area contributed by atoms with E-state index in [0.29, 0.717) is 19.4 Å². The molecule has 0 atom stereocenters. The predicted molar refractivity (Wildman–Crippen MR) is 101 cm³/mol. The van der Waals surface area contributed by atoms with E-state index in [0.717, 1.165) is 22.4 Å². The zero-order chi connectivity index (χ0) is 20.3. The van der Waals surface area contributed by atoms with Gasteiger partial charge in [0.2, 0.25) is 5.91 Å². The summed E-state index contributed by atoms with van der Waals surface area (Å²) >= 11 is 0. The van der Waals surface area contributed by atoms with Gasteiger partial charge in [-0.25, -0.2) is 0 Å². The number of carbonyl (C=O) groups excluding carboxylic acids is 1. The van der Waals surface area contributed by atoms with Crippen molar-refractivity contribution in [3.05, 3.63) is 54.2 Å². The molecule has 0 unspecified atom stereocenters. The number of carbonyl (C=O) groups is 1. The molecule has 1 aliphatic carbocycles. The molecule has 1 aromatic carbocycles. The Morgan fingerprint density at radius 2 is 2.00 bits per heavy atom. The van der Waals surface area contributed by atoms with E-state index in [1.807, 2.05) is 37.5 Å². The predicted octanol–water partition coefficient (Wildman–Crippen LogP) is 4.73. The van der Waals surface area contributed by atoms with Crippen molar-refractivity contribution in [1.29, 1.82) is 0 Å². The minimum absolute atomic E-state index is 0.109. The van der Waals surface area contributed by atoms with Crippen LogP contribution in [0.3, 0.4) is 0 Å². The molecule has 0 aliphatic heterocycles. The molecular weight excluding hydrogens is 367 g/mol. The highest BCUT2D eigenvalue weighted by molar-refractivity contribution is 5.86. The maximum atomic E-state index is 12.9. The molecule has 0 saturated heterocycles. The number of benzene rings is 1. The lowest BCUT2D eigenvalue weighted by Gasteiger charge is -2.30. The van der Waals surface area contributed by atoms with Gasteiger partial charge in [-0.1, -0.05) is 18.7 Å². The molecule has 0 radical (unpaired) electrons. The molecule has 0 bridgehead atoms. The molecule has 4 nitrogen and oxygen atoms in total. The number of alkyl halides is 3. The lowest BCUT2D eigenvalue weighted by Crippen LogP contribution is -2.27. The van der Waals surface area contributed by atoms with Gasteiger partial charge in [0.15, 0.2) is 0 Å². The van der Waals surface area contributed by atoms with Gasteiger partial charge >= 0.3 is 6.18 Å². The van der Waals surface area contributed by atoms with E-state index in [9.17, 15) is 18.0 Å². The fourth-order valence-corrected chi connectivity index (χ4v) is 3.81. The van der Waals surface area contributed by atoms with Crippen molar-refractivity contribution in [2.24, 2.45) is 13.0 Å². The maximum absolute atomic E-state index is 12.9. The summed E-state index contributed by atoms with van der Waals surface area (Å²) in [6.45, 7) is 3.78. The second kappa shape index (κ2) is 8.20. The van der Waals surface area contributed by atoms with Crippen molar-refractivity contribution in [3.8, 4) is 11.3 Å². The molecule has 2 aromatic rings. The molecule has 1 N–H and O–H groups in total. The Balaban J connectivity index is 1.84. The number of nitrogens with zero attached hydrogens (tertiary/aromatic N) is 2. The Kier molecular flexibility index (Phi) is 5.91. The number of rotatable bonds is 5. The van der Waals surface area contributed by atoms with E-state index in [1.54, 1.807) is 4.68 Å². The third kappa shape index (κ3) is 4.64. The van der Waals surface area contributed by atoms with Gasteiger partial charge in [-0.05, 0) is 60.9 Å². The quantitative estimate of drug-likeness (QED) is 0.750. The van der Waals surface area contributed by atoms with Crippen molar-refractivity contribution in [1.82, 2.24) is 15.1 Å². The van der Waals surface area contributed by atoms with Crippen LogP contribution in [0.15, 0.2) is 43.1 Å². The van der Waals surface area contributed by atoms with Crippen LogP contribution in [0.4, 0.5) is 13.2 Å². The van der Waals surface area contributed by atoms with E-state index in [-0.39, 0.29) is 24.7 Å². The number of hydrogen-bond acceptors (Lipinski definition) is 2. The van der Waals surface area contributed by atoms with Crippen molar-refractivity contribution in [3.63, 3.8) is 0 Å². The summed E-state index contributed by atoms with van der Waals surface area (Å²) < 4.78 is 40.5. The van der Waals surface area contributed by atoms with Crippen LogP contribution in [-0.2, 0) is 18.4 Å². The van der Waals surface area contributed by atoms with Crippen LogP contribution in [0.5, 0.6) is 0 Å². The Bertz CT molecular complexity index is 849. The molecule has 1 amide bonds.